The Morgan fingerprint density at radius 3 is 2.68 bits per heavy atom. The Morgan fingerprint density at radius 2 is 2.11 bits per heavy atom. The smallest absolute Gasteiger partial charge is 0.171 e. The molecule has 0 fully saturated rings. The molecular formula is C13H11ClF2N2O. The number of aryl methyl sites for hydroxylation is 2. The predicted octanol–water partition coefficient (Wildman–Crippen LogP) is 3.09. The number of aromatic nitrogens is 2. The zero-order valence-electron chi connectivity index (χ0n) is 10.4. The molecule has 0 bridgehead atoms. The standard InChI is InChI=1S/C13H11ClF2N2O/c1-7-13(14)11(18(2)17-7)6-12(19)9-5-8(15)3-4-10(9)16/h3-5H,6H2,1-2H3. The summed E-state index contributed by atoms with van der Waals surface area (Å²) < 4.78 is 28.0. The summed E-state index contributed by atoms with van der Waals surface area (Å²) in [7, 11) is 1.64. The first-order valence-corrected chi connectivity index (χ1v) is 5.94. The molecule has 100 valence electrons. The maximum Gasteiger partial charge on any atom is 0.171 e. The van der Waals surface area contributed by atoms with Crippen LogP contribution < -0.4 is 0 Å². The van der Waals surface area contributed by atoms with E-state index in [9.17, 15) is 13.6 Å². The monoisotopic (exact) mass is 284 g/mol. The van der Waals surface area contributed by atoms with Crippen LogP contribution in [0.4, 0.5) is 8.78 Å². The van der Waals surface area contributed by atoms with Gasteiger partial charge < -0.3 is 0 Å². The molecular weight excluding hydrogens is 274 g/mol. The van der Waals surface area contributed by atoms with E-state index in [1.807, 2.05) is 0 Å². The van der Waals surface area contributed by atoms with Crippen LogP contribution in [-0.4, -0.2) is 15.6 Å². The molecule has 0 aliphatic heterocycles. The first-order valence-electron chi connectivity index (χ1n) is 5.56. The molecule has 0 aliphatic carbocycles. The average Bonchev–Trinajstić information content (AvgIpc) is 2.59. The highest BCUT2D eigenvalue weighted by Gasteiger charge is 2.18. The van der Waals surface area contributed by atoms with Gasteiger partial charge in [0.2, 0.25) is 0 Å². The molecule has 0 unspecified atom stereocenters. The molecule has 1 heterocycles. The van der Waals surface area contributed by atoms with Crippen molar-refractivity contribution in [3.05, 3.63) is 51.8 Å². The molecule has 0 saturated heterocycles. The van der Waals surface area contributed by atoms with Crippen molar-refractivity contribution < 1.29 is 13.6 Å². The molecule has 3 nitrogen and oxygen atoms in total. The van der Waals surface area contributed by atoms with Gasteiger partial charge in [0.1, 0.15) is 11.6 Å². The molecule has 19 heavy (non-hydrogen) atoms. The number of Topliss-reactive ketones (excluding diaryl/α,β-unsaturated/α-hetero) is 1. The second-order valence-corrected chi connectivity index (χ2v) is 4.57. The second kappa shape index (κ2) is 5.09. The van der Waals surface area contributed by atoms with Crippen LogP contribution in [0.5, 0.6) is 0 Å². The van der Waals surface area contributed by atoms with Gasteiger partial charge >= 0.3 is 0 Å². The molecule has 0 amide bonds. The van der Waals surface area contributed by atoms with Crippen LogP contribution in [-0.2, 0) is 13.5 Å². The summed E-state index contributed by atoms with van der Waals surface area (Å²) in [6.07, 6.45) is -0.128. The fourth-order valence-electron chi connectivity index (χ4n) is 1.83. The van der Waals surface area contributed by atoms with Gasteiger partial charge in [-0.1, -0.05) is 11.6 Å². The quantitative estimate of drug-likeness (QED) is 0.812. The van der Waals surface area contributed by atoms with Crippen molar-refractivity contribution in [2.45, 2.75) is 13.3 Å². The van der Waals surface area contributed by atoms with Crippen molar-refractivity contribution in [2.75, 3.05) is 0 Å². The lowest BCUT2D eigenvalue weighted by molar-refractivity contribution is 0.0986. The molecule has 1 aromatic carbocycles. The van der Waals surface area contributed by atoms with Crippen LogP contribution >= 0.6 is 11.6 Å². The normalized spacial score (nSPS) is 10.8. The Balaban J connectivity index is 2.33. The lowest BCUT2D eigenvalue weighted by atomic mass is 10.1. The fourth-order valence-corrected chi connectivity index (χ4v) is 2.06. The third-order valence-corrected chi connectivity index (χ3v) is 3.31. The molecule has 0 atom stereocenters. The molecule has 0 radical (unpaired) electrons. The van der Waals surface area contributed by atoms with E-state index in [4.69, 9.17) is 11.6 Å². The number of hydrogen-bond donors (Lipinski definition) is 0. The molecule has 2 aromatic rings. The molecule has 6 heteroatoms. The zero-order chi connectivity index (χ0) is 14.2. The Morgan fingerprint density at radius 1 is 1.42 bits per heavy atom. The summed E-state index contributed by atoms with van der Waals surface area (Å²) in [5.74, 6) is -1.94. The number of hydrogen-bond acceptors (Lipinski definition) is 2. The minimum Gasteiger partial charge on any atom is -0.294 e. The van der Waals surface area contributed by atoms with Gasteiger partial charge in [-0.2, -0.15) is 5.10 Å². The molecule has 0 saturated carbocycles. The summed E-state index contributed by atoms with van der Waals surface area (Å²) in [6.45, 7) is 1.71. The fraction of sp³-hybridized carbons (Fsp3) is 0.231. The van der Waals surface area contributed by atoms with Crippen molar-refractivity contribution in [1.29, 1.82) is 0 Å². The SMILES string of the molecule is Cc1nn(C)c(CC(=O)c2cc(F)ccc2F)c1Cl. The van der Waals surface area contributed by atoms with E-state index < -0.39 is 17.4 Å². The summed E-state index contributed by atoms with van der Waals surface area (Å²) in [6, 6.07) is 2.78. The van der Waals surface area contributed by atoms with E-state index >= 15 is 0 Å². The van der Waals surface area contributed by atoms with E-state index in [1.54, 1.807) is 14.0 Å². The molecule has 2 rings (SSSR count). The van der Waals surface area contributed by atoms with Crippen LogP contribution in [0.2, 0.25) is 5.02 Å². The lowest BCUT2D eigenvalue weighted by Gasteiger charge is -2.04. The van der Waals surface area contributed by atoms with Gasteiger partial charge in [0.25, 0.3) is 0 Å². The minimum absolute atomic E-state index is 0.128. The number of ketones is 1. The molecule has 0 spiro atoms. The summed E-state index contributed by atoms with van der Waals surface area (Å²) in [5.41, 5.74) is 0.787. The van der Waals surface area contributed by atoms with Crippen molar-refractivity contribution >= 4 is 17.4 Å². The van der Waals surface area contributed by atoms with Gasteiger partial charge in [-0.25, -0.2) is 8.78 Å². The maximum absolute atomic E-state index is 13.5. The predicted molar refractivity (Wildman–Crippen MR) is 67.3 cm³/mol. The largest absolute Gasteiger partial charge is 0.294 e. The highest BCUT2D eigenvalue weighted by molar-refractivity contribution is 6.32. The van der Waals surface area contributed by atoms with E-state index in [2.05, 4.69) is 5.10 Å². The number of carbonyl (C=O) groups excluding carboxylic acids is 1. The van der Waals surface area contributed by atoms with Crippen LogP contribution in [0, 0.1) is 18.6 Å². The summed E-state index contributed by atoms with van der Waals surface area (Å²) in [5, 5.41) is 4.43. The summed E-state index contributed by atoms with van der Waals surface area (Å²) >= 11 is 6.01. The Labute approximate surface area is 113 Å². The third-order valence-electron chi connectivity index (χ3n) is 2.82. The zero-order valence-corrected chi connectivity index (χ0v) is 11.1. The lowest BCUT2D eigenvalue weighted by Crippen LogP contribution is -2.10. The van der Waals surface area contributed by atoms with Crippen molar-refractivity contribution in [1.82, 2.24) is 9.78 Å². The molecule has 1 aromatic heterocycles. The van der Waals surface area contributed by atoms with E-state index in [-0.39, 0.29) is 12.0 Å². The number of halogens is 3. The van der Waals surface area contributed by atoms with Gasteiger partial charge in [0.15, 0.2) is 5.78 Å². The highest BCUT2D eigenvalue weighted by atomic mass is 35.5. The number of rotatable bonds is 3. The van der Waals surface area contributed by atoms with Crippen LogP contribution in [0.15, 0.2) is 18.2 Å². The van der Waals surface area contributed by atoms with Gasteiger partial charge in [-0.05, 0) is 25.1 Å². The van der Waals surface area contributed by atoms with Gasteiger partial charge in [-0.15, -0.1) is 0 Å². The van der Waals surface area contributed by atoms with Crippen LogP contribution in [0.25, 0.3) is 0 Å². The van der Waals surface area contributed by atoms with Crippen molar-refractivity contribution in [3.8, 4) is 0 Å². The average molecular weight is 285 g/mol. The third kappa shape index (κ3) is 2.66. The Bertz CT molecular complexity index is 652. The highest BCUT2D eigenvalue weighted by Crippen LogP contribution is 2.22. The van der Waals surface area contributed by atoms with Crippen molar-refractivity contribution in [3.63, 3.8) is 0 Å². The van der Waals surface area contributed by atoms with E-state index in [0.717, 1.165) is 18.2 Å². The second-order valence-electron chi connectivity index (χ2n) is 4.19. The van der Waals surface area contributed by atoms with Crippen molar-refractivity contribution in [2.24, 2.45) is 7.05 Å². The molecule has 0 N–H and O–H groups in total. The minimum atomic E-state index is -0.749. The summed E-state index contributed by atoms with van der Waals surface area (Å²) in [4.78, 5) is 12.0. The van der Waals surface area contributed by atoms with Gasteiger partial charge in [0, 0.05) is 7.05 Å². The van der Waals surface area contributed by atoms with E-state index in [0.29, 0.717) is 16.4 Å². The van der Waals surface area contributed by atoms with Crippen LogP contribution in [0.3, 0.4) is 0 Å². The number of benzene rings is 1. The molecule has 0 aliphatic rings. The Kier molecular flexibility index (Phi) is 3.66. The van der Waals surface area contributed by atoms with Crippen LogP contribution in [0.1, 0.15) is 21.7 Å². The van der Waals surface area contributed by atoms with E-state index in [1.165, 1.54) is 4.68 Å². The number of carbonyl (C=O) groups is 1. The first-order chi connectivity index (χ1) is 8.90. The Hall–Kier alpha value is -1.75. The topological polar surface area (TPSA) is 34.9 Å². The first kappa shape index (κ1) is 13.7. The van der Waals surface area contributed by atoms with Gasteiger partial charge in [0.05, 0.1) is 28.4 Å². The maximum atomic E-state index is 13.5. The van der Waals surface area contributed by atoms with Gasteiger partial charge in [-0.3, -0.25) is 9.48 Å². The number of nitrogens with zero attached hydrogens (tertiary/aromatic N) is 2.